The number of anilines is 4. The molecule has 1 amide bonds. The highest BCUT2D eigenvalue weighted by atomic mass is 16.5. The molecule has 7 heteroatoms. The van der Waals surface area contributed by atoms with Crippen LogP contribution in [-0.2, 0) is 4.79 Å². The van der Waals surface area contributed by atoms with Gasteiger partial charge in [-0.25, -0.2) is 4.98 Å². The Bertz CT molecular complexity index is 1050. The van der Waals surface area contributed by atoms with Crippen molar-refractivity contribution >= 4 is 29.0 Å². The number of nitrogens with one attached hydrogen (secondary N) is 1. The largest absolute Gasteiger partial charge is 0.496 e. The highest BCUT2D eigenvalue weighted by molar-refractivity contribution is 6.05. The van der Waals surface area contributed by atoms with Crippen LogP contribution in [-0.4, -0.2) is 37.1 Å². The molecule has 0 radical (unpaired) electrons. The molecule has 1 unspecified atom stereocenters. The first-order valence-corrected chi connectivity index (χ1v) is 9.33. The Balaban J connectivity index is 1.73. The summed E-state index contributed by atoms with van der Waals surface area (Å²) in [5.41, 5.74) is 3.55. The lowest BCUT2D eigenvalue weighted by Crippen LogP contribution is -2.45. The van der Waals surface area contributed by atoms with Crippen LogP contribution < -0.4 is 19.9 Å². The Kier molecular flexibility index (Phi) is 4.80. The second-order valence-electron chi connectivity index (χ2n) is 7.05. The molecule has 0 bridgehead atoms. The third kappa shape index (κ3) is 3.35. The number of nitrogens with zero attached hydrogens (tertiary/aromatic N) is 4. The number of fused-ring (bicyclic) bond motifs is 1. The van der Waals surface area contributed by atoms with Crippen molar-refractivity contribution in [2.75, 3.05) is 36.3 Å². The summed E-state index contributed by atoms with van der Waals surface area (Å²) < 4.78 is 5.49. The molecular weight excluding hydrogens is 366 g/mol. The number of carbonyl (C=O) groups is 1. The summed E-state index contributed by atoms with van der Waals surface area (Å²) in [5.74, 6) is 1.75. The van der Waals surface area contributed by atoms with E-state index in [1.807, 2.05) is 67.4 Å². The van der Waals surface area contributed by atoms with E-state index in [4.69, 9.17) is 9.72 Å². The Labute approximate surface area is 170 Å². The number of aryl methyl sites for hydroxylation is 1. The van der Waals surface area contributed by atoms with Crippen molar-refractivity contribution in [3.63, 3.8) is 0 Å². The number of rotatable bonds is 4. The SMILES string of the molecule is COc1ccccc1C1C(=O)N(C)c2cnc(Nc3ccc(C)cc3)nc2N1C. The zero-order valence-corrected chi connectivity index (χ0v) is 16.9. The zero-order valence-electron chi connectivity index (χ0n) is 16.9. The standard InChI is InChI=1S/C22H23N5O2/c1-14-9-11-15(12-10-14)24-22-23-13-17-20(25-22)27(3)19(21(28)26(17)2)16-7-5-6-8-18(16)29-4/h5-13,19H,1-4H3,(H,23,24,25). The maximum absolute atomic E-state index is 13.1. The summed E-state index contributed by atoms with van der Waals surface area (Å²) in [6.45, 7) is 2.04. The maximum Gasteiger partial charge on any atom is 0.254 e. The van der Waals surface area contributed by atoms with Gasteiger partial charge in [-0.3, -0.25) is 4.79 Å². The van der Waals surface area contributed by atoms with Crippen LogP contribution in [0.15, 0.2) is 54.7 Å². The van der Waals surface area contributed by atoms with E-state index in [1.54, 1.807) is 25.3 Å². The van der Waals surface area contributed by atoms with Crippen molar-refractivity contribution in [1.29, 1.82) is 0 Å². The molecule has 29 heavy (non-hydrogen) atoms. The van der Waals surface area contributed by atoms with Gasteiger partial charge in [0.05, 0.1) is 13.3 Å². The Hall–Kier alpha value is -3.61. The van der Waals surface area contributed by atoms with Crippen molar-refractivity contribution in [2.24, 2.45) is 0 Å². The van der Waals surface area contributed by atoms with E-state index in [1.165, 1.54) is 5.56 Å². The van der Waals surface area contributed by atoms with Crippen LogP contribution in [0, 0.1) is 6.92 Å². The number of aromatic nitrogens is 2. The minimum absolute atomic E-state index is 0.0626. The normalized spacial score (nSPS) is 15.9. The van der Waals surface area contributed by atoms with Crippen LogP contribution in [0.2, 0.25) is 0 Å². The zero-order chi connectivity index (χ0) is 20.5. The lowest BCUT2D eigenvalue weighted by Gasteiger charge is -2.38. The monoisotopic (exact) mass is 389 g/mol. The van der Waals surface area contributed by atoms with Crippen molar-refractivity contribution in [3.05, 3.63) is 65.9 Å². The van der Waals surface area contributed by atoms with Crippen LogP contribution in [0.1, 0.15) is 17.2 Å². The van der Waals surface area contributed by atoms with E-state index in [9.17, 15) is 4.79 Å². The number of hydrogen-bond donors (Lipinski definition) is 1. The molecule has 1 aliphatic rings. The lowest BCUT2D eigenvalue weighted by atomic mass is 10.0. The average Bonchev–Trinajstić information content (AvgIpc) is 2.74. The van der Waals surface area contributed by atoms with Gasteiger partial charge in [-0.1, -0.05) is 35.9 Å². The Morgan fingerprint density at radius 2 is 1.79 bits per heavy atom. The summed E-state index contributed by atoms with van der Waals surface area (Å²) in [6, 6.07) is 15.0. The first-order chi connectivity index (χ1) is 14.0. The third-order valence-electron chi connectivity index (χ3n) is 5.14. The molecular formula is C22H23N5O2. The highest BCUT2D eigenvalue weighted by Gasteiger charge is 2.38. The predicted octanol–water partition coefficient (Wildman–Crippen LogP) is 3.69. The molecule has 1 aromatic heterocycles. The first-order valence-electron chi connectivity index (χ1n) is 9.33. The number of methoxy groups -OCH3 is 1. The summed E-state index contributed by atoms with van der Waals surface area (Å²) in [4.78, 5) is 25.7. The molecule has 0 aliphatic carbocycles. The molecule has 3 aromatic rings. The number of amides is 1. The molecule has 0 saturated carbocycles. The van der Waals surface area contributed by atoms with Gasteiger partial charge in [0.2, 0.25) is 5.95 Å². The maximum atomic E-state index is 13.1. The second-order valence-corrected chi connectivity index (χ2v) is 7.05. The quantitative estimate of drug-likeness (QED) is 0.734. The number of ether oxygens (including phenoxy) is 1. The molecule has 2 heterocycles. The van der Waals surface area contributed by atoms with Crippen molar-refractivity contribution in [2.45, 2.75) is 13.0 Å². The lowest BCUT2D eigenvalue weighted by molar-refractivity contribution is -0.120. The fourth-order valence-corrected chi connectivity index (χ4v) is 3.51. The van der Waals surface area contributed by atoms with Crippen LogP contribution in [0.4, 0.5) is 23.1 Å². The summed E-state index contributed by atoms with van der Waals surface area (Å²) in [5, 5.41) is 3.23. The molecule has 1 N–H and O–H groups in total. The van der Waals surface area contributed by atoms with Gasteiger partial charge in [0, 0.05) is 25.3 Å². The van der Waals surface area contributed by atoms with Gasteiger partial charge in [-0.15, -0.1) is 0 Å². The van der Waals surface area contributed by atoms with Crippen LogP contribution >= 0.6 is 0 Å². The minimum atomic E-state index is -0.536. The Morgan fingerprint density at radius 3 is 2.52 bits per heavy atom. The molecule has 1 aliphatic heterocycles. The van der Waals surface area contributed by atoms with Gasteiger partial charge in [0.15, 0.2) is 5.82 Å². The molecule has 1 atom stereocenters. The minimum Gasteiger partial charge on any atom is -0.496 e. The number of benzene rings is 2. The summed E-state index contributed by atoms with van der Waals surface area (Å²) >= 11 is 0. The van der Waals surface area contributed by atoms with Crippen LogP contribution in [0.5, 0.6) is 5.75 Å². The van der Waals surface area contributed by atoms with Gasteiger partial charge >= 0.3 is 0 Å². The summed E-state index contributed by atoms with van der Waals surface area (Å²) in [6.07, 6.45) is 1.67. The molecule has 0 saturated heterocycles. The molecule has 0 fully saturated rings. The van der Waals surface area contributed by atoms with Crippen LogP contribution in [0.3, 0.4) is 0 Å². The Morgan fingerprint density at radius 1 is 1.07 bits per heavy atom. The van der Waals surface area contributed by atoms with Gasteiger partial charge in [-0.2, -0.15) is 4.98 Å². The fraction of sp³-hybridized carbons (Fsp3) is 0.227. The smallest absolute Gasteiger partial charge is 0.254 e. The van der Waals surface area contributed by atoms with E-state index in [0.29, 0.717) is 23.2 Å². The fourth-order valence-electron chi connectivity index (χ4n) is 3.51. The van der Waals surface area contributed by atoms with Gasteiger partial charge in [0.1, 0.15) is 17.5 Å². The first kappa shape index (κ1) is 18.7. The van der Waals surface area contributed by atoms with Gasteiger partial charge in [0.25, 0.3) is 5.91 Å². The van der Waals surface area contributed by atoms with Crippen molar-refractivity contribution in [1.82, 2.24) is 9.97 Å². The van der Waals surface area contributed by atoms with E-state index in [2.05, 4.69) is 10.3 Å². The van der Waals surface area contributed by atoms with Gasteiger partial charge in [-0.05, 0) is 25.1 Å². The number of carbonyl (C=O) groups excluding carboxylic acids is 1. The van der Waals surface area contributed by atoms with Gasteiger partial charge < -0.3 is 19.9 Å². The van der Waals surface area contributed by atoms with E-state index < -0.39 is 6.04 Å². The van der Waals surface area contributed by atoms with Crippen molar-refractivity contribution in [3.8, 4) is 5.75 Å². The van der Waals surface area contributed by atoms with Crippen molar-refractivity contribution < 1.29 is 9.53 Å². The molecule has 2 aromatic carbocycles. The molecule has 0 spiro atoms. The average molecular weight is 389 g/mol. The topological polar surface area (TPSA) is 70.6 Å². The second kappa shape index (κ2) is 7.43. The van der Waals surface area contributed by atoms with E-state index >= 15 is 0 Å². The molecule has 148 valence electrons. The van der Waals surface area contributed by atoms with Crippen LogP contribution in [0.25, 0.3) is 0 Å². The summed E-state index contributed by atoms with van der Waals surface area (Å²) in [7, 11) is 5.21. The number of hydrogen-bond acceptors (Lipinski definition) is 6. The number of likely N-dealkylation sites (N-methyl/N-ethyl adjacent to an activating group) is 2. The molecule has 7 nitrogen and oxygen atoms in total. The highest BCUT2D eigenvalue weighted by Crippen LogP contribution is 2.41. The van der Waals surface area contributed by atoms with E-state index in [0.717, 1.165) is 11.3 Å². The number of para-hydroxylation sites is 1. The van der Waals surface area contributed by atoms with E-state index in [-0.39, 0.29) is 5.91 Å². The predicted molar refractivity (Wildman–Crippen MR) is 114 cm³/mol. The third-order valence-corrected chi connectivity index (χ3v) is 5.14. The molecule has 4 rings (SSSR count).